The van der Waals surface area contributed by atoms with Crippen LogP contribution in [-0.2, 0) is 0 Å². The number of rotatable bonds is 3. The van der Waals surface area contributed by atoms with Gasteiger partial charge in [-0.1, -0.05) is 12.1 Å². The monoisotopic (exact) mass is 311 g/mol. The van der Waals surface area contributed by atoms with Crippen LogP contribution in [0, 0.1) is 0 Å². The molecule has 0 bridgehead atoms. The van der Waals surface area contributed by atoms with Crippen LogP contribution < -0.4 is 10.5 Å². The zero-order valence-electron chi connectivity index (χ0n) is 11.8. The molecular weight excluding hydrogens is 298 g/mol. The summed E-state index contributed by atoms with van der Waals surface area (Å²) in [6, 6.07) is 11.5. The number of nitrogen functional groups attached to an aromatic ring is 1. The van der Waals surface area contributed by atoms with Crippen molar-refractivity contribution in [3.63, 3.8) is 0 Å². The summed E-state index contributed by atoms with van der Waals surface area (Å²) in [5.74, 6) is 2.14. The lowest BCUT2D eigenvalue weighted by Crippen LogP contribution is -1.95. The molecule has 5 nitrogen and oxygen atoms in total. The van der Waals surface area contributed by atoms with E-state index in [2.05, 4.69) is 4.98 Å². The summed E-state index contributed by atoms with van der Waals surface area (Å²) in [5, 5.41) is 1.99. The molecular formula is C16H13N3O2S. The van der Waals surface area contributed by atoms with Crippen molar-refractivity contribution in [2.24, 2.45) is 0 Å². The Balaban J connectivity index is 1.91. The van der Waals surface area contributed by atoms with Crippen LogP contribution in [0.1, 0.15) is 0 Å². The molecule has 1 aromatic carbocycles. The summed E-state index contributed by atoms with van der Waals surface area (Å²) < 4.78 is 12.7. The van der Waals surface area contributed by atoms with Gasteiger partial charge in [0, 0.05) is 10.9 Å². The number of fused-ring (bicyclic) bond motifs is 1. The molecule has 3 aromatic heterocycles. The van der Waals surface area contributed by atoms with E-state index in [1.54, 1.807) is 13.4 Å². The van der Waals surface area contributed by atoms with Gasteiger partial charge in [-0.2, -0.15) is 0 Å². The molecule has 0 radical (unpaired) electrons. The largest absolute Gasteiger partial charge is 0.497 e. The molecule has 0 saturated heterocycles. The Labute approximate surface area is 130 Å². The first-order valence-electron chi connectivity index (χ1n) is 6.71. The molecule has 0 spiro atoms. The van der Waals surface area contributed by atoms with Crippen molar-refractivity contribution >= 4 is 22.1 Å². The van der Waals surface area contributed by atoms with Gasteiger partial charge in [-0.3, -0.25) is 4.40 Å². The molecule has 6 heteroatoms. The predicted octanol–water partition coefficient (Wildman–Crippen LogP) is 3.91. The van der Waals surface area contributed by atoms with Crippen LogP contribution in [0.15, 0.2) is 52.5 Å². The van der Waals surface area contributed by atoms with Gasteiger partial charge in [-0.25, -0.2) is 4.98 Å². The fourth-order valence-corrected chi connectivity index (χ4v) is 3.35. The van der Waals surface area contributed by atoms with Gasteiger partial charge in [0.1, 0.15) is 23.0 Å². The minimum Gasteiger partial charge on any atom is -0.497 e. The summed E-state index contributed by atoms with van der Waals surface area (Å²) in [5.41, 5.74) is 8.92. The number of ether oxygens (including phenoxy) is 1. The van der Waals surface area contributed by atoms with Crippen LogP contribution in [-0.4, -0.2) is 16.5 Å². The molecule has 0 unspecified atom stereocenters. The third-order valence-corrected chi connectivity index (χ3v) is 4.34. The van der Waals surface area contributed by atoms with Gasteiger partial charge < -0.3 is 14.9 Å². The Morgan fingerprint density at radius 3 is 2.95 bits per heavy atom. The lowest BCUT2D eigenvalue weighted by Gasteiger charge is -2.03. The second-order valence-electron chi connectivity index (χ2n) is 4.79. The highest BCUT2D eigenvalue weighted by Crippen LogP contribution is 2.35. The van der Waals surface area contributed by atoms with Gasteiger partial charge >= 0.3 is 0 Å². The first-order valence-corrected chi connectivity index (χ1v) is 7.59. The van der Waals surface area contributed by atoms with Crippen molar-refractivity contribution in [1.29, 1.82) is 0 Å². The lowest BCUT2D eigenvalue weighted by atomic mass is 10.1. The number of nitrogens with zero attached hydrogens (tertiary/aromatic N) is 2. The number of benzene rings is 1. The maximum atomic E-state index is 6.34. The number of anilines is 1. The van der Waals surface area contributed by atoms with Gasteiger partial charge in [0.25, 0.3) is 0 Å². The summed E-state index contributed by atoms with van der Waals surface area (Å²) in [4.78, 5) is 5.48. The van der Waals surface area contributed by atoms with E-state index in [9.17, 15) is 0 Å². The minimum atomic E-state index is 0.593. The number of methoxy groups -OCH3 is 1. The Kier molecular flexibility index (Phi) is 2.90. The zero-order chi connectivity index (χ0) is 15.1. The standard InChI is InChI=1S/C16H13N3O2S/c1-20-11-5-2-4-10(8-11)14-15(17)19-12(9-22-16(19)18-14)13-6-3-7-21-13/h2-9H,17H2,1H3. The summed E-state index contributed by atoms with van der Waals surface area (Å²) in [6.07, 6.45) is 1.65. The highest BCUT2D eigenvalue weighted by Gasteiger charge is 2.18. The van der Waals surface area contributed by atoms with E-state index < -0.39 is 0 Å². The second-order valence-corrected chi connectivity index (χ2v) is 5.63. The van der Waals surface area contributed by atoms with Gasteiger partial charge in [-0.15, -0.1) is 11.3 Å². The molecule has 0 amide bonds. The highest BCUT2D eigenvalue weighted by molar-refractivity contribution is 7.15. The van der Waals surface area contributed by atoms with Gasteiger partial charge in [-0.05, 0) is 24.3 Å². The van der Waals surface area contributed by atoms with Crippen molar-refractivity contribution in [1.82, 2.24) is 9.38 Å². The molecule has 3 heterocycles. The van der Waals surface area contributed by atoms with Crippen LogP contribution in [0.25, 0.3) is 27.7 Å². The quantitative estimate of drug-likeness (QED) is 0.623. The normalized spacial score (nSPS) is 11.1. The predicted molar refractivity (Wildman–Crippen MR) is 87.2 cm³/mol. The third-order valence-electron chi connectivity index (χ3n) is 3.52. The third kappa shape index (κ3) is 1.88. The molecule has 0 atom stereocenters. The van der Waals surface area contributed by atoms with Crippen molar-refractivity contribution in [3.8, 4) is 28.5 Å². The van der Waals surface area contributed by atoms with E-state index in [1.807, 2.05) is 46.2 Å². The average molecular weight is 311 g/mol. The molecule has 2 N–H and O–H groups in total. The van der Waals surface area contributed by atoms with Gasteiger partial charge in [0.2, 0.25) is 0 Å². The van der Waals surface area contributed by atoms with Crippen LogP contribution >= 0.6 is 11.3 Å². The van der Waals surface area contributed by atoms with Crippen molar-refractivity contribution in [3.05, 3.63) is 48.0 Å². The maximum absolute atomic E-state index is 6.34. The topological polar surface area (TPSA) is 65.7 Å². The van der Waals surface area contributed by atoms with Gasteiger partial charge in [0.05, 0.1) is 13.4 Å². The molecule has 0 aliphatic heterocycles. The van der Waals surface area contributed by atoms with E-state index in [4.69, 9.17) is 14.9 Å². The summed E-state index contributed by atoms with van der Waals surface area (Å²) >= 11 is 1.53. The first-order chi connectivity index (χ1) is 10.8. The lowest BCUT2D eigenvalue weighted by molar-refractivity contribution is 0.415. The first kappa shape index (κ1) is 13.0. The zero-order valence-corrected chi connectivity index (χ0v) is 12.6. The number of imidazole rings is 1. The highest BCUT2D eigenvalue weighted by atomic mass is 32.1. The molecule has 0 saturated carbocycles. The fraction of sp³-hybridized carbons (Fsp3) is 0.0625. The fourth-order valence-electron chi connectivity index (χ4n) is 2.46. The van der Waals surface area contributed by atoms with E-state index >= 15 is 0 Å². The molecule has 0 aliphatic carbocycles. The van der Waals surface area contributed by atoms with Crippen LogP contribution in [0.4, 0.5) is 5.82 Å². The Morgan fingerprint density at radius 2 is 2.18 bits per heavy atom. The van der Waals surface area contributed by atoms with Crippen LogP contribution in [0.5, 0.6) is 5.75 Å². The minimum absolute atomic E-state index is 0.593. The average Bonchev–Trinajstić information content (AvgIpc) is 3.25. The molecule has 22 heavy (non-hydrogen) atoms. The molecule has 0 aliphatic rings. The smallest absolute Gasteiger partial charge is 0.196 e. The number of hydrogen-bond acceptors (Lipinski definition) is 5. The number of nitrogens with two attached hydrogens (primary N) is 1. The second kappa shape index (κ2) is 4.92. The number of thiazole rings is 1. The Morgan fingerprint density at radius 1 is 1.27 bits per heavy atom. The number of furan rings is 1. The van der Waals surface area contributed by atoms with Crippen LogP contribution in [0.3, 0.4) is 0 Å². The molecule has 0 fully saturated rings. The van der Waals surface area contributed by atoms with E-state index in [-0.39, 0.29) is 0 Å². The van der Waals surface area contributed by atoms with E-state index in [1.165, 1.54) is 11.3 Å². The number of hydrogen-bond donors (Lipinski definition) is 1. The van der Waals surface area contributed by atoms with Crippen molar-refractivity contribution in [2.45, 2.75) is 0 Å². The van der Waals surface area contributed by atoms with Crippen molar-refractivity contribution in [2.75, 3.05) is 12.8 Å². The molecule has 110 valence electrons. The summed E-state index contributed by atoms with van der Waals surface area (Å²) in [6.45, 7) is 0. The Hall–Kier alpha value is -2.73. The Bertz CT molecular complexity index is 938. The van der Waals surface area contributed by atoms with Gasteiger partial charge in [0.15, 0.2) is 10.7 Å². The molecule has 4 rings (SSSR count). The number of aromatic nitrogens is 2. The summed E-state index contributed by atoms with van der Waals surface area (Å²) in [7, 11) is 1.64. The maximum Gasteiger partial charge on any atom is 0.196 e. The van der Waals surface area contributed by atoms with E-state index in [0.29, 0.717) is 5.82 Å². The van der Waals surface area contributed by atoms with Crippen molar-refractivity contribution < 1.29 is 9.15 Å². The van der Waals surface area contributed by atoms with Crippen LogP contribution in [0.2, 0.25) is 0 Å². The molecule has 4 aromatic rings. The van der Waals surface area contributed by atoms with E-state index in [0.717, 1.165) is 33.4 Å². The SMILES string of the molecule is COc1cccc(-c2nc3scc(-c4ccco4)n3c2N)c1.